The third-order valence-corrected chi connectivity index (χ3v) is 7.28. The number of rotatable bonds is 4. The first-order chi connectivity index (χ1) is 16.9. The summed E-state index contributed by atoms with van der Waals surface area (Å²) in [4.78, 5) is 29.3. The first-order valence-electron chi connectivity index (χ1n) is 11.5. The number of likely N-dealkylation sites (N-methyl/N-ethyl adjacent to an activating group) is 1. The number of ether oxygens (including phenoxy) is 2. The second-order valence-corrected chi connectivity index (χ2v) is 9.70. The normalized spacial score (nSPS) is 16.6. The summed E-state index contributed by atoms with van der Waals surface area (Å²) in [6.45, 7) is 5.00. The summed E-state index contributed by atoms with van der Waals surface area (Å²) < 4.78 is 11.2. The molecule has 0 radical (unpaired) electrons. The Morgan fingerprint density at radius 1 is 1.06 bits per heavy atom. The number of carbonyl (C=O) groups is 2. The van der Waals surface area contributed by atoms with Gasteiger partial charge in [-0.15, -0.1) is 0 Å². The number of anilines is 1. The van der Waals surface area contributed by atoms with E-state index in [-0.39, 0.29) is 17.9 Å². The maximum Gasteiger partial charge on any atom is 0.264 e. The number of thioether (sulfide) groups is 1. The van der Waals surface area contributed by atoms with Crippen molar-refractivity contribution in [3.05, 3.63) is 87.8 Å². The number of amides is 2. The molecule has 1 N–H and O–H groups in total. The van der Waals surface area contributed by atoms with Crippen molar-refractivity contribution in [2.24, 2.45) is 0 Å². The van der Waals surface area contributed by atoms with E-state index >= 15 is 0 Å². The number of benzene rings is 3. The highest BCUT2D eigenvalue weighted by Gasteiger charge is 2.28. The highest BCUT2D eigenvalue weighted by molar-refractivity contribution is 8.04. The molecule has 0 bridgehead atoms. The van der Waals surface area contributed by atoms with Gasteiger partial charge in [0.25, 0.3) is 11.8 Å². The molecule has 3 aromatic carbocycles. The standard InChI is InChI=1S/C28H26N2O4S/c1-17-6-4-5-7-19(17)16-26-28(32)30(3)22-14-21(9-11-25(22)35-26)27(31)29-18(2)20-8-10-23-24(15-20)34-13-12-33-23/h4-11,14-16,18H,12-13H2,1-3H3,(H,29,31). The van der Waals surface area contributed by atoms with Gasteiger partial charge in [-0.25, -0.2) is 0 Å². The van der Waals surface area contributed by atoms with Crippen LogP contribution in [0.3, 0.4) is 0 Å². The molecule has 0 saturated carbocycles. The monoisotopic (exact) mass is 486 g/mol. The molecule has 0 fully saturated rings. The Hall–Kier alpha value is -3.71. The Labute approximate surface area is 208 Å². The third kappa shape index (κ3) is 4.64. The van der Waals surface area contributed by atoms with Crippen LogP contribution in [0.15, 0.2) is 70.5 Å². The van der Waals surface area contributed by atoms with E-state index in [0.29, 0.717) is 35.2 Å². The van der Waals surface area contributed by atoms with Crippen molar-refractivity contribution >= 4 is 35.3 Å². The van der Waals surface area contributed by atoms with Crippen LogP contribution in [0.5, 0.6) is 11.5 Å². The Morgan fingerprint density at radius 2 is 1.83 bits per heavy atom. The van der Waals surface area contributed by atoms with Crippen LogP contribution in [-0.4, -0.2) is 32.1 Å². The van der Waals surface area contributed by atoms with E-state index in [1.807, 2.05) is 68.5 Å². The van der Waals surface area contributed by atoms with Gasteiger partial charge in [0, 0.05) is 17.5 Å². The molecule has 2 heterocycles. The number of nitrogens with zero attached hydrogens (tertiary/aromatic N) is 1. The van der Waals surface area contributed by atoms with Crippen molar-refractivity contribution in [3.63, 3.8) is 0 Å². The number of aryl methyl sites for hydroxylation is 1. The van der Waals surface area contributed by atoms with Crippen LogP contribution in [0.4, 0.5) is 5.69 Å². The second kappa shape index (κ2) is 9.50. The molecule has 2 amide bonds. The van der Waals surface area contributed by atoms with Crippen molar-refractivity contribution < 1.29 is 19.1 Å². The third-order valence-electron chi connectivity index (χ3n) is 6.21. The molecule has 5 rings (SSSR count). The van der Waals surface area contributed by atoms with Gasteiger partial charge in [0.1, 0.15) is 13.2 Å². The number of carbonyl (C=O) groups excluding carboxylic acids is 2. The number of nitrogens with one attached hydrogen (secondary N) is 1. The number of hydrogen-bond acceptors (Lipinski definition) is 5. The molecule has 178 valence electrons. The Balaban J connectivity index is 1.34. The second-order valence-electron chi connectivity index (χ2n) is 8.61. The number of fused-ring (bicyclic) bond motifs is 2. The summed E-state index contributed by atoms with van der Waals surface area (Å²) in [6, 6.07) is 18.9. The average molecular weight is 487 g/mol. The zero-order valence-electron chi connectivity index (χ0n) is 19.8. The molecule has 0 saturated heterocycles. The van der Waals surface area contributed by atoms with Gasteiger partial charge in [-0.3, -0.25) is 9.59 Å². The molecular weight excluding hydrogens is 460 g/mol. The topological polar surface area (TPSA) is 67.9 Å². The van der Waals surface area contributed by atoms with Crippen molar-refractivity contribution in [2.75, 3.05) is 25.2 Å². The van der Waals surface area contributed by atoms with E-state index in [4.69, 9.17) is 9.47 Å². The molecule has 2 aliphatic rings. The van der Waals surface area contributed by atoms with Crippen LogP contribution < -0.4 is 19.7 Å². The molecule has 2 aliphatic heterocycles. The summed E-state index contributed by atoms with van der Waals surface area (Å²) in [5.41, 5.74) is 4.28. The largest absolute Gasteiger partial charge is 0.486 e. The molecule has 1 unspecified atom stereocenters. The predicted molar refractivity (Wildman–Crippen MR) is 138 cm³/mol. The van der Waals surface area contributed by atoms with Crippen LogP contribution in [0.1, 0.15) is 40.0 Å². The van der Waals surface area contributed by atoms with E-state index in [0.717, 1.165) is 27.3 Å². The fraction of sp³-hybridized carbons (Fsp3) is 0.214. The summed E-state index contributed by atoms with van der Waals surface area (Å²) in [5, 5.41) is 3.04. The van der Waals surface area contributed by atoms with Crippen molar-refractivity contribution in [3.8, 4) is 11.5 Å². The van der Waals surface area contributed by atoms with Crippen molar-refractivity contribution in [2.45, 2.75) is 24.8 Å². The molecule has 0 aliphatic carbocycles. The van der Waals surface area contributed by atoms with Gasteiger partial charge in [0.05, 0.1) is 16.6 Å². The lowest BCUT2D eigenvalue weighted by Gasteiger charge is -2.27. The highest BCUT2D eigenvalue weighted by atomic mass is 32.2. The Morgan fingerprint density at radius 3 is 2.63 bits per heavy atom. The summed E-state index contributed by atoms with van der Waals surface area (Å²) in [7, 11) is 1.74. The minimum absolute atomic E-state index is 0.0899. The smallest absolute Gasteiger partial charge is 0.264 e. The van der Waals surface area contributed by atoms with Gasteiger partial charge in [-0.05, 0) is 66.9 Å². The SMILES string of the molecule is Cc1ccccc1C=C1Sc2ccc(C(=O)NC(C)c3ccc4c(c3)OCCO4)cc2N(C)C1=O. The number of hydrogen-bond donors (Lipinski definition) is 1. The Kier molecular flexibility index (Phi) is 6.26. The van der Waals surface area contributed by atoms with Gasteiger partial charge in [-0.1, -0.05) is 42.1 Å². The fourth-order valence-corrected chi connectivity index (χ4v) is 5.20. The average Bonchev–Trinajstić information content (AvgIpc) is 2.87. The molecule has 7 heteroatoms. The van der Waals surface area contributed by atoms with Gasteiger partial charge in [0.2, 0.25) is 0 Å². The molecule has 0 spiro atoms. The zero-order valence-corrected chi connectivity index (χ0v) is 20.6. The minimum atomic E-state index is -0.230. The summed E-state index contributed by atoms with van der Waals surface area (Å²) in [5.74, 6) is 1.11. The van der Waals surface area contributed by atoms with E-state index in [9.17, 15) is 9.59 Å². The van der Waals surface area contributed by atoms with Crippen molar-refractivity contribution in [1.82, 2.24) is 5.32 Å². The van der Waals surface area contributed by atoms with Gasteiger partial charge < -0.3 is 19.7 Å². The maximum atomic E-state index is 13.1. The van der Waals surface area contributed by atoms with Gasteiger partial charge in [-0.2, -0.15) is 0 Å². The van der Waals surface area contributed by atoms with Gasteiger partial charge in [0.15, 0.2) is 11.5 Å². The quantitative estimate of drug-likeness (QED) is 0.503. The maximum absolute atomic E-state index is 13.1. The molecule has 6 nitrogen and oxygen atoms in total. The first kappa shape index (κ1) is 23.1. The molecule has 3 aromatic rings. The van der Waals surface area contributed by atoms with Crippen LogP contribution in [0.2, 0.25) is 0 Å². The molecule has 35 heavy (non-hydrogen) atoms. The first-order valence-corrected chi connectivity index (χ1v) is 12.3. The van der Waals surface area contributed by atoms with E-state index in [1.165, 1.54) is 11.8 Å². The van der Waals surface area contributed by atoms with Crippen LogP contribution >= 0.6 is 11.8 Å². The van der Waals surface area contributed by atoms with Crippen LogP contribution in [0.25, 0.3) is 6.08 Å². The molecule has 0 aromatic heterocycles. The Bertz CT molecular complexity index is 1350. The zero-order chi connectivity index (χ0) is 24.5. The van der Waals surface area contributed by atoms with E-state index in [2.05, 4.69) is 5.32 Å². The van der Waals surface area contributed by atoms with Crippen LogP contribution in [-0.2, 0) is 4.79 Å². The van der Waals surface area contributed by atoms with Crippen LogP contribution in [0, 0.1) is 6.92 Å². The van der Waals surface area contributed by atoms with Gasteiger partial charge >= 0.3 is 0 Å². The lowest BCUT2D eigenvalue weighted by Crippen LogP contribution is -2.31. The molecule has 1 atom stereocenters. The predicted octanol–water partition coefficient (Wildman–Crippen LogP) is 5.37. The van der Waals surface area contributed by atoms with Crippen molar-refractivity contribution in [1.29, 1.82) is 0 Å². The highest BCUT2D eigenvalue weighted by Crippen LogP contribution is 2.42. The lowest BCUT2D eigenvalue weighted by atomic mass is 10.1. The minimum Gasteiger partial charge on any atom is -0.486 e. The van der Waals surface area contributed by atoms with E-state index in [1.54, 1.807) is 24.1 Å². The van der Waals surface area contributed by atoms with E-state index < -0.39 is 0 Å². The lowest BCUT2D eigenvalue weighted by molar-refractivity contribution is -0.114. The summed E-state index contributed by atoms with van der Waals surface area (Å²) in [6.07, 6.45) is 1.93. The summed E-state index contributed by atoms with van der Waals surface area (Å²) >= 11 is 1.43. The molecular formula is C28H26N2O4S. The fourth-order valence-electron chi connectivity index (χ4n) is 4.12.